The number of nitrogen functional groups attached to an aromatic ring is 1. The Morgan fingerprint density at radius 3 is 2.67 bits per heavy atom. The summed E-state index contributed by atoms with van der Waals surface area (Å²) >= 11 is 0. The van der Waals surface area contributed by atoms with Gasteiger partial charge in [0.2, 0.25) is 6.10 Å². The SMILES string of the molecule is Nc1ccc2c(c1)C[C@H](C(=O)O)[C@H](C(F)(F)F)O2. The molecule has 0 saturated heterocycles. The number of rotatable bonds is 1. The summed E-state index contributed by atoms with van der Waals surface area (Å²) in [4.78, 5) is 10.9. The van der Waals surface area contributed by atoms with Gasteiger partial charge in [0.15, 0.2) is 0 Å². The molecule has 0 aliphatic carbocycles. The van der Waals surface area contributed by atoms with Gasteiger partial charge in [-0.3, -0.25) is 4.79 Å². The van der Waals surface area contributed by atoms with Crippen LogP contribution < -0.4 is 10.5 Å². The molecular formula is C11H10F3NO3. The van der Waals surface area contributed by atoms with E-state index in [0.717, 1.165) is 0 Å². The van der Waals surface area contributed by atoms with Crippen molar-refractivity contribution in [2.45, 2.75) is 18.7 Å². The Morgan fingerprint density at radius 2 is 2.11 bits per heavy atom. The molecule has 0 fully saturated rings. The van der Waals surface area contributed by atoms with E-state index >= 15 is 0 Å². The van der Waals surface area contributed by atoms with Gasteiger partial charge in [-0.15, -0.1) is 0 Å². The van der Waals surface area contributed by atoms with Crippen LogP contribution in [-0.2, 0) is 11.2 Å². The largest absolute Gasteiger partial charge is 0.481 e. The lowest BCUT2D eigenvalue weighted by Crippen LogP contribution is -2.47. The van der Waals surface area contributed by atoms with Crippen molar-refractivity contribution >= 4 is 11.7 Å². The second-order valence-electron chi connectivity index (χ2n) is 4.10. The monoisotopic (exact) mass is 261 g/mol. The van der Waals surface area contributed by atoms with E-state index in [9.17, 15) is 18.0 Å². The number of ether oxygens (including phenoxy) is 1. The van der Waals surface area contributed by atoms with Crippen LogP contribution in [-0.4, -0.2) is 23.4 Å². The molecule has 0 radical (unpaired) electrons. The third-order valence-electron chi connectivity index (χ3n) is 2.78. The Kier molecular flexibility index (Phi) is 2.84. The molecule has 2 rings (SSSR count). The van der Waals surface area contributed by atoms with Crippen molar-refractivity contribution in [3.8, 4) is 5.75 Å². The standard InChI is InChI=1S/C11H10F3NO3/c12-11(13,14)9-7(10(16)17)4-5-3-6(15)1-2-8(5)18-9/h1-3,7,9H,4,15H2,(H,16,17)/t7-,9+/m0/s1. The first-order chi connectivity index (χ1) is 8.29. The fourth-order valence-corrected chi connectivity index (χ4v) is 1.95. The van der Waals surface area contributed by atoms with Gasteiger partial charge in [0.25, 0.3) is 0 Å². The summed E-state index contributed by atoms with van der Waals surface area (Å²) < 4.78 is 42.9. The minimum absolute atomic E-state index is 0.0315. The number of benzene rings is 1. The summed E-state index contributed by atoms with van der Waals surface area (Å²) in [5, 5.41) is 8.86. The Balaban J connectivity index is 2.40. The molecule has 3 N–H and O–H groups in total. The predicted octanol–water partition coefficient (Wildman–Crippen LogP) is 1.84. The van der Waals surface area contributed by atoms with Gasteiger partial charge in [0.05, 0.1) is 0 Å². The molecule has 0 spiro atoms. The lowest BCUT2D eigenvalue weighted by Gasteiger charge is -2.32. The molecular weight excluding hydrogens is 251 g/mol. The van der Waals surface area contributed by atoms with Crippen molar-refractivity contribution < 1.29 is 27.8 Å². The second kappa shape index (κ2) is 4.08. The van der Waals surface area contributed by atoms with Crippen LogP contribution in [0.1, 0.15) is 5.56 Å². The third-order valence-corrected chi connectivity index (χ3v) is 2.78. The maximum absolute atomic E-state index is 12.7. The van der Waals surface area contributed by atoms with Crippen LogP contribution in [0.3, 0.4) is 0 Å². The Labute approximate surface area is 100 Å². The van der Waals surface area contributed by atoms with E-state index in [1.54, 1.807) is 0 Å². The predicted molar refractivity (Wildman–Crippen MR) is 56.2 cm³/mol. The molecule has 98 valence electrons. The molecule has 0 aromatic heterocycles. The molecule has 7 heteroatoms. The zero-order chi connectivity index (χ0) is 13.5. The van der Waals surface area contributed by atoms with Gasteiger partial charge in [-0.25, -0.2) is 0 Å². The lowest BCUT2D eigenvalue weighted by molar-refractivity contribution is -0.217. The van der Waals surface area contributed by atoms with Gasteiger partial charge in [-0.05, 0) is 30.2 Å². The molecule has 1 heterocycles. The van der Waals surface area contributed by atoms with Gasteiger partial charge < -0.3 is 15.6 Å². The fourth-order valence-electron chi connectivity index (χ4n) is 1.95. The van der Waals surface area contributed by atoms with Gasteiger partial charge in [0, 0.05) is 5.69 Å². The number of anilines is 1. The number of hydrogen-bond acceptors (Lipinski definition) is 3. The van der Waals surface area contributed by atoms with Crippen molar-refractivity contribution in [3.63, 3.8) is 0 Å². The summed E-state index contributed by atoms with van der Waals surface area (Å²) in [5.74, 6) is -3.16. The quantitative estimate of drug-likeness (QED) is 0.756. The highest BCUT2D eigenvalue weighted by Crippen LogP contribution is 2.38. The molecule has 0 unspecified atom stereocenters. The van der Waals surface area contributed by atoms with Crippen LogP contribution in [0.15, 0.2) is 18.2 Å². The number of carbonyl (C=O) groups is 1. The molecule has 2 atom stereocenters. The van der Waals surface area contributed by atoms with Gasteiger partial charge in [0.1, 0.15) is 11.7 Å². The van der Waals surface area contributed by atoms with Crippen LogP contribution in [0.5, 0.6) is 5.75 Å². The molecule has 1 aromatic rings. The first kappa shape index (κ1) is 12.5. The zero-order valence-electron chi connectivity index (χ0n) is 9.07. The minimum Gasteiger partial charge on any atom is -0.481 e. The van der Waals surface area contributed by atoms with E-state index in [1.807, 2.05) is 0 Å². The van der Waals surface area contributed by atoms with E-state index in [2.05, 4.69) is 0 Å². The fraction of sp³-hybridized carbons (Fsp3) is 0.364. The molecule has 1 aromatic carbocycles. The smallest absolute Gasteiger partial charge is 0.426 e. The maximum Gasteiger partial charge on any atom is 0.426 e. The zero-order valence-corrected chi connectivity index (χ0v) is 9.07. The van der Waals surface area contributed by atoms with Crippen LogP contribution in [0.4, 0.5) is 18.9 Å². The summed E-state index contributed by atoms with van der Waals surface area (Å²) in [7, 11) is 0. The molecule has 4 nitrogen and oxygen atoms in total. The van der Waals surface area contributed by atoms with Crippen molar-refractivity contribution in [1.82, 2.24) is 0 Å². The Bertz CT molecular complexity index is 487. The van der Waals surface area contributed by atoms with Crippen molar-refractivity contribution in [3.05, 3.63) is 23.8 Å². The van der Waals surface area contributed by atoms with Crippen molar-refractivity contribution in [2.24, 2.45) is 5.92 Å². The molecule has 0 amide bonds. The highest BCUT2D eigenvalue weighted by molar-refractivity contribution is 5.72. The highest BCUT2D eigenvalue weighted by atomic mass is 19.4. The summed E-state index contributed by atoms with van der Waals surface area (Å²) in [6.45, 7) is 0. The highest BCUT2D eigenvalue weighted by Gasteiger charge is 2.52. The molecule has 0 bridgehead atoms. The number of carboxylic acid groups (broad SMARTS) is 1. The third kappa shape index (κ3) is 2.20. The molecule has 1 aliphatic rings. The molecule has 1 aliphatic heterocycles. The topological polar surface area (TPSA) is 72.6 Å². The summed E-state index contributed by atoms with van der Waals surface area (Å²) in [5.41, 5.74) is 6.23. The maximum atomic E-state index is 12.7. The van der Waals surface area contributed by atoms with E-state index in [-0.39, 0.29) is 12.2 Å². The number of carboxylic acids is 1. The molecule has 0 saturated carbocycles. The van der Waals surface area contributed by atoms with Crippen molar-refractivity contribution in [2.75, 3.05) is 5.73 Å². The average molecular weight is 261 g/mol. The van der Waals surface area contributed by atoms with E-state index in [1.165, 1.54) is 18.2 Å². The van der Waals surface area contributed by atoms with Gasteiger partial charge in [-0.1, -0.05) is 0 Å². The van der Waals surface area contributed by atoms with Crippen LogP contribution in [0.25, 0.3) is 0 Å². The average Bonchev–Trinajstić information content (AvgIpc) is 2.25. The van der Waals surface area contributed by atoms with Crippen LogP contribution >= 0.6 is 0 Å². The Morgan fingerprint density at radius 1 is 1.44 bits per heavy atom. The summed E-state index contributed by atoms with van der Waals surface area (Å²) in [6, 6.07) is 4.16. The van der Waals surface area contributed by atoms with E-state index in [4.69, 9.17) is 15.6 Å². The number of fused-ring (bicyclic) bond motifs is 1. The number of nitrogens with two attached hydrogens (primary N) is 1. The van der Waals surface area contributed by atoms with E-state index in [0.29, 0.717) is 11.3 Å². The normalized spacial score (nSPS) is 23.1. The summed E-state index contributed by atoms with van der Waals surface area (Å²) in [6.07, 6.45) is -7.30. The number of halogens is 3. The lowest BCUT2D eigenvalue weighted by atomic mass is 9.90. The number of alkyl halides is 3. The first-order valence-electron chi connectivity index (χ1n) is 5.13. The minimum atomic E-state index is -4.72. The van der Waals surface area contributed by atoms with Crippen molar-refractivity contribution in [1.29, 1.82) is 0 Å². The van der Waals surface area contributed by atoms with E-state index < -0.39 is 24.2 Å². The van der Waals surface area contributed by atoms with Gasteiger partial charge >= 0.3 is 12.1 Å². The second-order valence-corrected chi connectivity index (χ2v) is 4.10. The molecule has 18 heavy (non-hydrogen) atoms. The van der Waals surface area contributed by atoms with Crippen LogP contribution in [0, 0.1) is 5.92 Å². The Hall–Kier alpha value is -1.92. The number of aliphatic carboxylic acids is 1. The number of hydrogen-bond donors (Lipinski definition) is 2. The first-order valence-corrected chi connectivity index (χ1v) is 5.13. The van der Waals surface area contributed by atoms with Gasteiger partial charge in [-0.2, -0.15) is 13.2 Å². The van der Waals surface area contributed by atoms with Crippen LogP contribution in [0.2, 0.25) is 0 Å².